The summed E-state index contributed by atoms with van der Waals surface area (Å²) >= 11 is 0. The molecule has 1 aliphatic carbocycles. The Morgan fingerprint density at radius 1 is 1.11 bits per heavy atom. The molecule has 2 aliphatic rings. The predicted molar refractivity (Wildman–Crippen MR) is 107 cm³/mol. The quantitative estimate of drug-likeness (QED) is 0.761. The highest BCUT2D eigenvalue weighted by molar-refractivity contribution is 6.27. The fourth-order valence-corrected chi connectivity index (χ4v) is 4.05. The van der Waals surface area contributed by atoms with Gasteiger partial charge in [-0.2, -0.15) is 0 Å². The lowest BCUT2D eigenvalue weighted by molar-refractivity contribution is -0.159. The van der Waals surface area contributed by atoms with Crippen molar-refractivity contribution >= 4 is 11.9 Å². The Hall–Kier alpha value is -2.12. The number of carboxylic acids is 2. The minimum Gasteiger partial charge on any atom is -0.497 e. The standard InChI is InChI=1S/C19H30N2O.C2H2O4/c1-16-5-3-7-18(13-16)21-11-9-20(10-12-21)15-17-6-4-8-19(14-17)22-2;3-1(4)2(5)6/h4,6,8,14,16,18H,3,5,7,9-13,15H2,1-2H3;(H,3,4)(H,5,6). The topological polar surface area (TPSA) is 90.3 Å². The number of benzene rings is 1. The number of piperazine rings is 1. The third kappa shape index (κ3) is 7.13. The molecule has 1 aromatic rings. The molecule has 1 saturated heterocycles. The van der Waals surface area contributed by atoms with E-state index < -0.39 is 11.9 Å². The van der Waals surface area contributed by atoms with Crippen LogP contribution in [0.4, 0.5) is 0 Å². The van der Waals surface area contributed by atoms with Crippen molar-refractivity contribution in [1.29, 1.82) is 0 Å². The maximum atomic E-state index is 9.10. The number of nitrogens with zero attached hydrogens (tertiary/aromatic N) is 2. The Bertz CT molecular complexity index is 631. The highest BCUT2D eigenvalue weighted by Gasteiger charge is 2.27. The Morgan fingerprint density at radius 3 is 2.36 bits per heavy atom. The molecule has 1 aliphatic heterocycles. The van der Waals surface area contributed by atoms with Crippen LogP contribution in [-0.2, 0) is 16.1 Å². The monoisotopic (exact) mass is 392 g/mol. The molecular formula is C21H32N2O5. The normalized spacial score (nSPS) is 23.4. The molecule has 0 aromatic heterocycles. The molecule has 2 fully saturated rings. The van der Waals surface area contributed by atoms with Gasteiger partial charge in [0.15, 0.2) is 0 Å². The fourth-order valence-electron chi connectivity index (χ4n) is 4.05. The first-order chi connectivity index (χ1) is 13.4. The first kappa shape index (κ1) is 22.2. The molecule has 2 N–H and O–H groups in total. The summed E-state index contributed by atoms with van der Waals surface area (Å²) in [7, 11) is 1.74. The van der Waals surface area contributed by atoms with Gasteiger partial charge in [-0.25, -0.2) is 9.59 Å². The van der Waals surface area contributed by atoms with Gasteiger partial charge in [0.05, 0.1) is 7.11 Å². The van der Waals surface area contributed by atoms with E-state index in [1.165, 1.54) is 57.4 Å². The minimum absolute atomic E-state index is 0.850. The van der Waals surface area contributed by atoms with Crippen molar-refractivity contribution in [1.82, 2.24) is 9.80 Å². The summed E-state index contributed by atoms with van der Waals surface area (Å²) in [6.07, 6.45) is 5.69. The van der Waals surface area contributed by atoms with E-state index in [0.29, 0.717) is 0 Å². The van der Waals surface area contributed by atoms with Crippen LogP contribution in [0.25, 0.3) is 0 Å². The van der Waals surface area contributed by atoms with Crippen molar-refractivity contribution in [2.24, 2.45) is 5.92 Å². The Labute approximate surface area is 166 Å². The largest absolute Gasteiger partial charge is 0.497 e. The Kier molecular flexibility index (Phi) is 8.73. The number of rotatable bonds is 4. The van der Waals surface area contributed by atoms with Crippen molar-refractivity contribution in [2.75, 3.05) is 33.3 Å². The van der Waals surface area contributed by atoms with E-state index in [1.807, 2.05) is 6.07 Å². The average Bonchev–Trinajstić information content (AvgIpc) is 2.69. The molecule has 2 unspecified atom stereocenters. The van der Waals surface area contributed by atoms with Gasteiger partial charge >= 0.3 is 11.9 Å². The summed E-state index contributed by atoms with van der Waals surface area (Å²) in [5, 5.41) is 14.8. The summed E-state index contributed by atoms with van der Waals surface area (Å²) in [5.74, 6) is -1.76. The Balaban J connectivity index is 0.000000409. The van der Waals surface area contributed by atoms with Gasteiger partial charge in [-0.3, -0.25) is 9.80 Å². The van der Waals surface area contributed by atoms with Crippen molar-refractivity contribution in [3.05, 3.63) is 29.8 Å². The molecule has 0 spiro atoms. The van der Waals surface area contributed by atoms with Crippen molar-refractivity contribution in [2.45, 2.75) is 45.2 Å². The molecule has 7 nitrogen and oxygen atoms in total. The van der Waals surface area contributed by atoms with Gasteiger partial charge < -0.3 is 14.9 Å². The van der Waals surface area contributed by atoms with E-state index in [9.17, 15) is 0 Å². The number of carbonyl (C=O) groups is 2. The Morgan fingerprint density at radius 2 is 1.79 bits per heavy atom. The smallest absolute Gasteiger partial charge is 0.414 e. The van der Waals surface area contributed by atoms with Crippen LogP contribution in [0.2, 0.25) is 0 Å². The number of methoxy groups -OCH3 is 1. The zero-order valence-electron chi connectivity index (χ0n) is 16.8. The predicted octanol–water partition coefficient (Wildman–Crippen LogP) is 2.55. The van der Waals surface area contributed by atoms with Crippen LogP contribution in [0, 0.1) is 5.92 Å². The molecule has 3 rings (SSSR count). The zero-order valence-corrected chi connectivity index (χ0v) is 16.8. The van der Waals surface area contributed by atoms with Gasteiger partial charge in [0, 0.05) is 38.8 Å². The molecule has 1 aromatic carbocycles. The minimum atomic E-state index is -1.82. The van der Waals surface area contributed by atoms with Crippen LogP contribution in [-0.4, -0.2) is 71.3 Å². The molecule has 1 saturated carbocycles. The zero-order chi connectivity index (χ0) is 20.5. The second kappa shape index (κ2) is 11.0. The van der Waals surface area contributed by atoms with Gasteiger partial charge in [0.1, 0.15) is 5.75 Å². The molecule has 0 radical (unpaired) electrons. The highest BCUT2D eigenvalue weighted by Crippen LogP contribution is 2.28. The van der Waals surface area contributed by atoms with E-state index in [4.69, 9.17) is 24.5 Å². The summed E-state index contributed by atoms with van der Waals surface area (Å²) in [6, 6.07) is 9.33. The van der Waals surface area contributed by atoms with Crippen molar-refractivity contribution in [3.8, 4) is 5.75 Å². The number of ether oxygens (including phenoxy) is 1. The molecular weight excluding hydrogens is 360 g/mol. The summed E-state index contributed by atoms with van der Waals surface area (Å²) in [5.41, 5.74) is 1.36. The number of hydrogen-bond acceptors (Lipinski definition) is 5. The van der Waals surface area contributed by atoms with Gasteiger partial charge in [-0.05, 0) is 36.5 Å². The average molecular weight is 392 g/mol. The van der Waals surface area contributed by atoms with Gasteiger partial charge in [-0.1, -0.05) is 31.9 Å². The highest BCUT2D eigenvalue weighted by atomic mass is 16.5. The molecule has 0 bridgehead atoms. The second-order valence-electron chi connectivity index (χ2n) is 7.70. The lowest BCUT2D eigenvalue weighted by atomic mass is 9.86. The summed E-state index contributed by atoms with van der Waals surface area (Å²) in [4.78, 5) is 23.5. The van der Waals surface area contributed by atoms with Gasteiger partial charge in [0.25, 0.3) is 0 Å². The maximum Gasteiger partial charge on any atom is 0.414 e. The summed E-state index contributed by atoms with van der Waals surface area (Å²) in [6.45, 7) is 8.34. The SMILES string of the molecule is COc1cccc(CN2CCN(C3CCCC(C)C3)CC2)c1.O=C(O)C(=O)O. The first-order valence-electron chi connectivity index (χ1n) is 9.94. The van der Waals surface area contributed by atoms with Gasteiger partial charge in [-0.15, -0.1) is 0 Å². The second-order valence-corrected chi connectivity index (χ2v) is 7.70. The van der Waals surface area contributed by atoms with E-state index in [0.717, 1.165) is 24.3 Å². The van der Waals surface area contributed by atoms with Crippen LogP contribution < -0.4 is 4.74 Å². The first-order valence-corrected chi connectivity index (χ1v) is 9.94. The fraction of sp³-hybridized carbons (Fsp3) is 0.619. The van der Waals surface area contributed by atoms with Crippen LogP contribution in [0.5, 0.6) is 5.75 Å². The number of aliphatic carboxylic acids is 2. The van der Waals surface area contributed by atoms with Crippen LogP contribution in [0.1, 0.15) is 38.2 Å². The van der Waals surface area contributed by atoms with Crippen LogP contribution >= 0.6 is 0 Å². The van der Waals surface area contributed by atoms with E-state index >= 15 is 0 Å². The van der Waals surface area contributed by atoms with E-state index in [2.05, 4.69) is 34.9 Å². The number of carboxylic acid groups (broad SMARTS) is 2. The molecule has 7 heteroatoms. The van der Waals surface area contributed by atoms with E-state index in [1.54, 1.807) is 7.11 Å². The third-order valence-corrected chi connectivity index (χ3v) is 5.56. The molecule has 0 amide bonds. The van der Waals surface area contributed by atoms with Crippen LogP contribution in [0.15, 0.2) is 24.3 Å². The molecule has 28 heavy (non-hydrogen) atoms. The van der Waals surface area contributed by atoms with Crippen LogP contribution in [0.3, 0.4) is 0 Å². The lowest BCUT2D eigenvalue weighted by Crippen LogP contribution is -2.50. The molecule has 156 valence electrons. The molecule has 2 atom stereocenters. The summed E-state index contributed by atoms with van der Waals surface area (Å²) < 4.78 is 5.32. The molecule has 1 heterocycles. The maximum absolute atomic E-state index is 9.10. The lowest BCUT2D eigenvalue weighted by Gasteiger charge is -2.42. The number of hydrogen-bond donors (Lipinski definition) is 2. The third-order valence-electron chi connectivity index (χ3n) is 5.56. The van der Waals surface area contributed by atoms with E-state index in [-0.39, 0.29) is 0 Å². The van der Waals surface area contributed by atoms with Crippen molar-refractivity contribution in [3.63, 3.8) is 0 Å². The van der Waals surface area contributed by atoms with Crippen molar-refractivity contribution < 1.29 is 24.5 Å². The van der Waals surface area contributed by atoms with Gasteiger partial charge in [0.2, 0.25) is 0 Å².